The van der Waals surface area contributed by atoms with E-state index in [4.69, 9.17) is 5.73 Å². The summed E-state index contributed by atoms with van der Waals surface area (Å²) in [5.74, 6) is 0.319. The summed E-state index contributed by atoms with van der Waals surface area (Å²) in [7, 11) is 0. The van der Waals surface area contributed by atoms with Gasteiger partial charge >= 0.3 is 0 Å². The minimum Gasteiger partial charge on any atom is -0.356 e. The summed E-state index contributed by atoms with van der Waals surface area (Å²) >= 11 is 0. The second kappa shape index (κ2) is 8.05. The number of amides is 1. The van der Waals surface area contributed by atoms with E-state index in [1.807, 2.05) is 6.92 Å². The Kier molecular flexibility index (Phi) is 7.69. The van der Waals surface area contributed by atoms with Gasteiger partial charge in [-0.3, -0.25) is 4.79 Å². The summed E-state index contributed by atoms with van der Waals surface area (Å²) in [4.78, 5) is 11.4. The van der Waals surface area contributed by atoms with Gasteiger partial charge in [-0.1, -0.05) is 26.7 Å². The fraction of sp³-hybridized carbons (Fsp3) is 0.900. The average molecular weight is 186 g/mol. The number of nitrogens with one attached hydrogen (secondary N) is 1. The number of carbonyl (C=O) groups is 1. The van der Waals surface area contributed by atoms with Crippen molar-refractivity contribution in [2.75, 3.05) is 13.1 Å². The van der Waals surface area contributed by atoms with Gasteiger partial charge in [-0.05, 0) is 19.4 Å². The molecule has 0 aromatic carbocycles. The van der Waals surface area contributed by atoms with Crippen LogP contribution in [0, 0.1) is 5.92 Å². The molecule has 0 aliphatic carbocycles. The first-order valence-electron chi connectivity index (χ1n) is 5.20. The third-order valence-corrected chi connectivity index (χ3v) is 2.12. The SMILES string of the molecule is CCCCC(C)C(=O)NCCCN. The number of rotatable bonds is 7. The second-order valence-electron chi connectivity index (χ2n) is 3.48. The highest BCUT2D eigenvalue weighted by molar-refractivity contribution is 5.78. The Hall–Kier alpha value is -0.570. The molecule has 0 aromatic heterocycles. The second-order valence-corrected chi connectivity index (χ2v) is 3.48. The van der Waals surface area contributed by atoms with Gasteiger partial charge < -0.3 is 11.1 Å². The largest absolute Gasteiger partial charge is 0.356 e. The van der Waals surface area contributed by atoms with E-state index in [9.17, 15) is 4.79 Å². The molecule has 0 bridgehead atoms. The molecule has 0 saturated heterocycles. The van der Waals surface area contributed by atoms with E-state index in [0.717, 1.165) is 25.7 Å². The van der Waals surface area contributed by atoms with Crippen LogP contribution in [0.5, 0.6) is 0 Å². The highest BCUT2D eigenvalue weighted by atomic mass is 16.1. The molecule has 3 nitrogen and oxygen atoms in total. The quantitative estimate of drug-likeness (QED) is 0.588. The van der Waals surface area contributed by atoms with Crippen LogP contribution in [0.3, 0.4) is 0 Å². The van der Waals surface area contributed by atoms with Crippen LogP contribution in [0.1, 0.15) is 39.5 Å². The van der Waals surface area contributed by atoms with Crippen molar-refractivity contribution in [1.82, 2.24) is 5.32 Å². The van der Waals surface area contributed by atoms with Crippen LogP contribution in [0.25, 0.3) is 0 Å². The predicted molar refractivity (Wildman–Crippen MR) is 55.4 cm³/mol. The van der Waals surface area contributed by atoms with Crippen LogP contribution in [0.2, 0.25) is 0 Å². The van der Waals surface area contributed by atoms with E-state index in [1.165, 1.54) is 0 Å². The average Bonchev–Trinajstić information content (AvgIpc) is 2.14. The van der Waals surface area contributed by atoms with E-state index >= 15 is 0 Å². The van der Waals surface area contributed by atoms with Crippen molar-refractivity contribution >= 4 is 5.91 Å². The van der Waals surface area contributed by atoms with E-state index in [2.05, 4.69) is 12.2 Å². The lowest BCUT2D eigenvalue weighted by Gasteiger charge is -2.10. The molecule has 3 N–H and O–H groups in total. The van der Waals surface area contributed by atoms with Crippen LogP contribution < -0.4 is 11.1 Å². The topological polar surface area (TPSA) is 55.1 Å². The lowest BCUT2D eigenvalue weighted by Crippen LogP contribution is -2.30. The first-order chi connectivity index (χ1) is 6.22. The van der Waals surface area contributed by atoms with Crippen LogP contribution >= 0.6 is 0 Å². The molecule has 3 heteroatoms. The number of carbonyl (C=O) groups excluding carboxylic acids is 1. The molecule has 0 saturated carbocycles. The number of nitrogens with two attached hydrogens (primary N) is 1. The molecule has 1 amide bonds. The highest BCUT2D eigenvalue weighted by Gasteiger charge is 2.10. The maximum absolute atomic E-state index is 11.4. The molecule has 13 heavy (non-hydrogen) atoms. The van der Waals surface area contributed by atoms with Gasteiger partial charge in [0.25, 0.3) is 0 Å². The van der Waals surface area contributed by atoms with Crippen LogP contribution in [0.15, 0.2) is 0 Å². The minimum atomic E-state index is 0.151. The summed E-state index contributed by atoms with van der Waals surface area (Å²) in [6, 6.07) is 0. The van der Waals surface area contributed by atoms with Gasteiger partial charge in [0.15, 0.2) is 0 Å². The van der Waals surface area contributed by atoms with E-state index in [0.29, 0.717) is 13.1 Å². The molecular weight excluding hydrogens is 164 g/mol. The maximum Gasteiger partial charge on any atom is 0.222 e. The van der Waals surface area contributed by atoms with E-state index < -0.39 is 0 Å². The van der Waals surface area contributed by atoms with Crippen molar-refractivity contribution in [2.24, 2.45) is 11.7 Å². The molecule has 0 fully saturated rings. The van der Waals surface area contributed by atoms with Gasteiger partial charge in [0.05, 0.1) is 0 Å². The molecule has 0 radical (unpaired) electrons. The molecule has 0 spiro atoms. The van der Waals surface area contributed by atoms with Crippen molar-refractivity contribution in [3.8, 4) is 0 Å². The van der Waals surface area contributed by atoms with Crippen LogP contribution in [-0.2, 0) is 4.79 Å². The smallest absolute Gasteiger partial charge is 0.222 e. The number of hydrogen-bond donors (Lipinski definition) is 2. The van der Waals surface area contributed by atoms with Gasteiger partial charge in [-0.2, -0.15) is 0 Å². The Morgan fingerprint density at radius 2 is 2.15 bits per heavy atom. The van der Waals surface area contributed by atoms with Crippen molar-refractivity contribution in [3.05, 3.63) is 0 Å². The summed E-state index contributed by atoms with van der Waals surface area (Å²) in [5.41, 5.74) is 5.32. The fourth-order valence-electron chi connectivity index (χ4n) is 1.13. The Morgan fingerprint density at radius 1 is 1.46 bits per heavy atom. The van der Waals surface area contributed by atoms with Crippen molar-refractivity contribution < 1.29 is 4.79 Å². The standard InChI is InChI=1S/C10H22N2O/c1-3-4-6-9(2)10(13)12-8-5-7-11/h9H,3-8,11H2,1-2H3,(H,12,13). The Labute approximate surface area is 81.1 Å². The zero-order valence-corrected chi connectivity index (χ0v) is 8.81. The Bertz CT molecular complexity index is 137. The summed E-state index contributed by atoms with van der Waals surface area (Å²) in [6.07, 6.45) is 4.14. The Balaban J connectivity index is 3.45. The first kappa shape index (κ1) is 12.4. The lowest BCUT2D eigenvalue weighted by molar-refractivity contribution is -0.124. The van der Waals surface area contributed by atoms with Gasteiger partial charge in [-0.25, -0.2) is 0 Å². The van der Waals surface area contributed by atoms with Gasteiger partial charge in [0.1, 0.15) is 0 Å². The summed E-state index contributed by atoms with van der Waals surface area (Å²) < 4.78 is 0. The predicted octanol–water partition coefficient (Wildman–Crippen LogP) is 1.28. The molecule has 0 rings (SSSR count). The number of unbranched alkanes of at least 4 members (excludes halogenated alkanes) is 1. The van der Waals surface area contributed by atoms with Crippen molar-refractivity contribution in [2.45, 2.75) is 39.5 Å². The third-order valence-electron chi connectivity index (χ3n) is 2.12. The van der Waals surface area contributed by atoms with Crippen LogP contribution in [0.4, 0.5) is 0 Å². The maximum atomic E-state index is 11.4. The zero-order chi connectivity index (χ0) is 10.1. The van der Waals surface area contributed by atoms with Crippen molar-refractivity contribution in [3.63, 3.8) is 0 Å². The minimum absolute atomic E-state index is 0.151. The zero-order valence-electron chi connectivity index (χ0n) is 8.81. The molecule has 0 aliphatic heterocycles. The first-order valence-corrected chi connectivity index (χ1v) is 5.20. The number of hydrogen-bond acceptors (Lipinski definition) is 2. The molecule has 1 atom stereocenters. The van der Waals surface area contributed by atoms with E-state index in [-0.39, 0.29) is 11.8 Å². The normalized spacial score (nSPS) is 12.5. The van der Waals surface area contributed by atoms with Gasteiger partial charge in [-0.15, -0.1) is 0 Å². The molecular formula is C10H22N2O. The summed E-state index contributed by atoms with van der Waals surface area (Å²) in [6.45, 7) is 5.47. The fourth-order valence-corrected chi connectivity index (χ4v) is 1.13. The molecule has 78 valence electrons. The van der Waals surface area contributed by atoms with Crippen molar-refractivity contribution in [1.29, 1.82) is 0 Å². The molecule has 0 heterocycles. The van der Waals surface area contributed by atoms with Crippen LogP contribution in [-0.4, -0.2) is 19.0 Å². The highest BCUT2D eigenvalue weighted by Crippen LogP contribution is 2.06. The summed E-state index contributed by atoms with van der Waals surface area (Å²) in [5, 5.41) is 2.87. The van der Waals surface area contributed by atoms with Gasteiger partial charge in [0, 0.05) is 12.5 Å². The monoisotopic (exact) mass is 186 g/mol. The molecule has 1 unspecified atom stereocenters. The molecule has 0 aromatic rings. The molecule has 0 aliphatic rings. The third kappa shape index (κ3) is 6.58. The van der Waals surface area contributed by atoms with E-state index in [1.54, 1.807) is 0 Å². The lowest BCUT2D eigenvalue weighted by atomic mass is 10.0. The Morgan fingerprint density at radius 3 is 2.69 bits per heavy atom. The van der Waals surface area contributed by atoms with Gasteiger partial charge in [0.2, 0.25) is 5.91 Å².